The van der Waals surface area contributed by atoms with Gasteiger partial charge in [0.15, 0.2) is 6.10 Å². The SMILES string of the molecule is C[C@H](OC(=O)c1c2ccccc2cc2ccccc12)C(N)=O. The highest BCUT2D eigenvalue weighted by atomic mass is 16.5. The lowest BCUT2D eigenvalue weighted by molar-refractivity contribution is -0.125. The molecule has 3 aromatic carbocycles. The first-order chi connectivity index (χ1) is 10.6. The third-order valence-corrected chi connectivity index (χ3v) is 3.66. The van der Waals surface area contributed by atoms with Gasteiger partial charge in [-0.05, 0) is 34.5 Å². The van der Waals surface area contributed by atoms with Crippen LogP contribution in [0.1, 0.15) is 17.3 Å². The monoisotopic (exact) mass is 293 g/mol. The van der Waals surface area contributed by atoms with Gasteiger partial charge in [0.25, 0.3) is 5.91 Å². The van der Waals surface area contributed by atoms with Crippen molar-refractivity contribution in [3.63, 3.8) is 0 Å². The number of ether oxygens (including phenoxy) is 1. The molecule has 0 saturated carbocycles. The fourth-order valence-corrected chi connectivity index (χ4v) is 2.51. The number of nitrogens with two attached hydrogens (primary N) is 1. The van der Waals surface area contributed by atoms with Crippen LogP contribution in [0.25, 0.3) is 21.5 Å². The van der Waals surface area contributed by atoms with Gasteiger partial charge < -0.3 is 10.5 Å². The highest BCUT2D eigenvalue weighted by Crippen LogP contribution is 2.29. The van der Waals surface area contributed by atoms with Crippen LogP contribution < -0.4 is 5.73 Å². The maximum atomic E-state index is 12.6. The molecule has 1 atom stereocenters. The number of esters is 1. The van der Waals surface area contributed by atoms with E-state index in [4.69, 9.17) is 10.5 Å². The summed E-state index contributed by atoms with van der Waals surface area (Å²) in [5.74, 6) is -1.21. The van der Waals surface area contributed by atoms with Crippen LogP contribution in [0, 0.1) is 0 Å². The largest absolute Gasteiger partial charge is 0.449 e. The Balaban J connectivity index is 2.24. The summed E-state index contributed by atoms with van der Waals surface area (Å²) < 4.78 is 5.20. The molecule has 2 N–H and O–H groups in total. The van der Waals surface area contributed by atoms with E-state index >= 15 is 0 Å². The number of rotatable bonds is 3. The average Bonchev–Trinajstić information content (AvgIpc) is 2.52. The molecule has 0 spiro atoms. The van der Waals surface area contributed by atoms with Crippen molar-refractivity contribution in [2.45, 2.75) is 13.0 Å². The summed E-state index contributed by atoms with van der Waals surface area (Å²) in [4.78, 5) is 23.7. The molecule has 110 valence electrons. The topological polar surface area (TPSA) is 69.4 Å². The van der Waals surface area contributed by atoms with Crippen LogP contribution in [0.4, 0.5) is 0 Å². The van der Waals surface area contributed by atoms with Gasteiger partial charge in [-0.3, -0.25) is 4.79 Å². The lowest BCUT2D eigenvalue weighted by Crippen LogP contribution is -2.30. The third kappa shape index (κ3) is 2.39. The highest BCUT2D eigenvalue weighted by molar-refractivity contribution is 6.16. The van der Waals surface area contributed by atoms with E-state index in [2.05, 4.69) is 0 Å². The minimum Gasteiger partial charge on any atom is -0.449 e. The van der Waals surface area contributed by atoms with Crippen LogP contribution >= 0.6 is 0 Å². The van der Waals surface area contributed by atoms with Crippen molar-refractivity contribution in [2.75, 3.05) is 0 Å². The summed E-state index contributed by atoms with van der Waals surface area (Å²) in [5.41, 5.74) is 5.63. The molecular weight excluding hydrogens is 278 g/mol. The summed E-state index contributed by atoms with van der Waals surface area (Å²) in [5, 5.41) is 3.48. The minimum atomic E-state index is -0.967. The molecule has 4 heteroatoms. The van der Waals surface area contributed by atoms with Crippen molar-refractivity contribution in [2.24, 2.45) is 5.73 Å². The first-order valence-corrected chi connectivity index (χ1v) is 6.98. The number of carbonyl (C=O) groups excluding carboxylic acids is 2. The number of hydrogen-bond donors (Lipinski definition) is 1. The van der Waals surface area contributed by atoms with Crippen molar-refractivity contribution < 1.29 is 14.3 Å². The molecule has 22 heavy (non-hydrogen) atoms. The normalized spacial score (nSPS) is 12.2. The first kappa shape index (κ1) is 14.1. The molecule has 0 aliphatic heterocycles. The highest BCUT2D eigenvalue weighted by Gasteiger charge is 2.20. The number of carbonyl (C=O) groups is 2. The van der Waals surface area contributed by atoms with Gasteiger partial charge in [0, 0.05) is 0 Å². The second-order valence-corrected chi connectivity index (χ2v) is 5.14. The molecule has 4 nitrogen and oxygen atoms in total. The van der Waals surface area contributed by atoms with E-state index in [9.17, 15) is 9.59 Å². The van der Waals surface area contributed by atoms with Gasteiger partial charge in [-0.2, -0.15) is 0 Å². The molecule has 3 aromatic rings. The summed E-state index contributed by atoms with van der Waals surface area (Å²) >= 11 is 0. The lowest BCUT2D eigenvalue weighted by atomic mass is 9.97. The van der Waals surface area contributed by atoms with Crippen LogP contribution in [-0.4, -0.2) is 18.0 Å². The molecule has 0 aromatic heterocycles. The predicted molar refractivity (Wildman–Crippen MR) is 85.5 cm³/mol. The Kier molecular flexibility index (Phi) is 3.51. The van der Waals surface area contributed by atoms with Crippen LogP contribution in [0.5, 0.6) is 0 Å². The summed E-state index contributed by atoms with van der Waals surface area (Å²) in [6, 6.07) is 17.2. The van der Waals surface area contributed by atoms with Gasteiger partial charge in [0.1, 0.15) is 0 Å². The average molecular weight is 293 g/mol. The Morgan fingerprint density at radius 1 is 0.955 bits per heavy atom. The standard InChI is InChI=1S/C18H15NO3/c1-11(17(19)20)22-18(21)16-14-8-4-2-6-12(14)10-13-7-3-5-9-15(13)16/h2-11H,1H3,(H2,19,20)/t11-/m0/s1. The molecule has 0 aliphatic rings. The number of amides is 1. The molecule has 0 bridgehead atoms. The molecular formula is C18H15NO3. The van der Waals surface area contributed by atoms with E-state index in [-0.39, 0.29) is 0 Å². The fraction of sp³-hybridized carbons (Fsp3) is 0.111. The van der Waals surface area contributed by atoms with E-state index in [1.54, 1.807) is 0 Å². The number of primary amides is 1. The van der Waals surface area contributed by atoms with Crippen molar-refractivity contribution in [1.82, 2.24) is 0 Å². The molecule has 0 fully saturated rings. The minimum absolute atomic E-state index is 0.460. The van der Waals surface area contributed by atoms with Gasteiger partial charge in [0.05, 0.1) is 5.56 Å². The molecule has 0 aliphatic carbocycles. The second kappa shape index (κ2) is 5.48. The second-order valence-electron chi connectivity index (χ2n) is 5.14. The molecule has 0 radical (unpaired) electrons. The molecule has 3 rings (SSSR count). The number of fused-ring (bicyclic) bond motifs is 2. The van der Waals surface area contributed by atoms with Crippen LogP contribution in [-0.2, 0) is 9.53 Å². The molecule has 0 unspecified atom stereocenters. The predicted octanol–water partition coefficient (Wildman–Crippen LogP) is 3.02. The van der Waals surface area contributed by atoms with Gasteiger partial charge in [-0.25, -0.2) is 4.79 Å². The maximum absolute atomic E-state index is 12.6. The van der Waals surface area contributed by atoms with Crippen LogP contribution in [0.15, 0.2) is 54.6 Å². The Morgan fingerprint density at radius 2 is 1.45 bits per heavy atom. The maximum Gasteiger partial charge on any atom is 0.340 e. The zero-order valence-corrected chi connectivity index (χ0v) is 12.1. The number of hydrogen-bond acceptors (Lipinski definition) is 3. The summed E-state index contributed by atoms with van der Waals surface area (Å²) in [6.45, 7) is 1.47. The Morgan fingerprint density at radius 3 is 1.95 bits per heavy atom. The van der Waals surface area contributed by atoms with Crippen LogP contribution in [0.3, 0.4) is 0 Å². The smallest absolute Gasteiger partial charge is 0.340 e. The molecule has 1 amide bonds. The van der Waals surface area contributed by atoms with E-state index in [1.165, 1.54) is 6.92 Å². The first-order valence-electron chi connectivity index (χ1n) is 6.98. The van der Waals surface area contributed by atoms with Crippen molar-refractivity contribution in [3.8, 4) is 0 Å². The van der Waals surface area contributed by atoms with Crippen molar-refractivity contribution >= 4 is 33.4 Å². The van der Waals surface area contributed by atoms with E-state index in [0.717, 1.165) is 21.5 Å². The summed E-state index contributed by atoms with van der Waals surface area (Å²) in [6.07, 6.45) is -0.967. The van der Waals surface area contributed by atoms with Gasteiger partial charge in [-0.1, -0.05) is 48.5 Å². The van der Waals surface area contributed by atoms with E-state index in [1.807, 2.05) is 54.6 Å². The zero-order valence-electron chi connectivity index (χ0n) is 12.1. The quantitative estimate of drug-likeness (QED) is 0.596. The Labute approximate surface area is 127 Å². The Hall–Kier alpha value is -2.88. The number of benzene rings is 3. The fourth-order valence-electron chi connectivity index (χ4n) is 2.51. The van der Waals surface area contributed by atoms with E-state index < -0.39 is 18.0 Å². The van der Waals surface area contributed by atoms with E-state index in [0.29, 0.717) is 5.56 Å². The lowest BCUT2D eigenvalue weighted by Gasteiger charge is -2.13. The van der Waals surface area contributed by atoms with Gasteiger partial charge >= 0.3 is 5.97 Å². The zero-order chi connectivity index (χ0) is 15.7. The van der Waals surface area contributed by atoms with Crippen molar-refractivity contribution in [3.05, 3.63) is 60.2 Å². The van der Waals surface area contributed by atoms with Gasteiger partial charge in [0.2, 0.25) is 0 Å². The third-order valence-electron chi connectivity index (χ3n) is 3.66. The van der Waals surface area contributed by atoms with Gasteiger partial charge in [-0.15, -0.1) is 0 Å². The Bertz CT molecular complexity index is 832. The summed E-state index contributed by atoms with van der Waals surface area (Å²) in [7, 11) is 0. The molecule has 0 saturated heterocycles. The van der Waals surface area contributed by atoms with Crippen LogP contribution in [0.2, 0.25) is 0 Å². The van der Waals surface area contributed by atoms with Crippen molar-refractivity contribution in [1.29, 1.82) is 0 Å². The molecule has 0 heterocycles.